The van der Waals surface area contributed by atoms with Crippen LogP contribution < -0.4 is 12.3 Å². The molecule has 6 heteroatoms. The number of hydrogen-bond acceptors (Lipinski definition) is 4. The van der Waals surface area contributed by atoms with E-state index in [1.54, 1.807) is 0 Å². The molecule has 8 N–H and O–H groups in total. The summed E-state index contributed by atoms with van der Waals surface area (Å²) < 4.78 is 0. The highest BCUT2D eigenvalue weighted by molar-refractivity contribution is 5.67. The van der Waals surface area contributed by atoms with Gasteiger partial charge in [-0.05, 0) is 26.7 Å². The van der Waals surface area contributed by atoms with E-state index < -0.39 is 11.9 Å². The molecule has 116 valence electrons. The molecule has 0 atom stereocenters. The molecule has 0 bridgehead atoms. The first-order valence-corrected chi connectivity index (χ1v) is 5.88. The van der Waals surface area contributed by atoms with Crippen LogP contribution in [0.1, 0.15) is 36.8 Å². The molecule has 0 radical (unpaired) electrons. The summed E-state index contributed by atoms with van der Waals surface area (Å²) in [4.78, 5) is 19.8. The largest absolute Gasteiger partial charge is 0.481 e. The topological polar surface area (TPSA) is 145 Å². The van der Waals surface area contributed by atoms with Gasteiger partial charge in [-0.1, -0.05) is 35.4 Å². The van der Waals surface area contributed by atoms with E-state index in [0.717, 1.165) is 0 Å². The Morgan fingerprint density at radius 1 is 0.900 bits per heavy atom. The van der Waals surface area contributed by atoms with E-state index >= 15 is 0 Å². The van der Waals surface area contributed by atoms with Crippen LogP contribution in [0.5, 0.6) is 0 Å². The second-order valence-electron chi connectivity index (χ2n) is 4.15. The number of unbranched alkanes of at least 4 members (excludes halogenated alkanes) is 1. The average Bonchev–Trinajstić information content (AvgIpc) is 2.24. The number of hydrogen-bond donors (Lipinski definition) is 4. The standard InChI is InChI=1S/C8H10.C6H10O4.2H3N/c1-7-4-3-5-8(2)6-7;7-5(8)3-1-2-4-6(9)10;;/h3-6H,1-2H3;1-4H2,(H,7,8)(H,9,10);2*1H3. The third-order valence-electron chi connectivity index (χ3n) is 2.20. The molecule has 0 aliphatic heterocycles. The van der Waals surface area contributed by atoms with Crippen molar-refractivity contribution in [2.24, 2.45) is 0 Å². The van der Waals surface area contributed by atoms with Crippen molar-refractivity contribution in [3.05, 3.63) is 35.4 Å². The maximum Gasteiger partial charge on any atom is 0.303 e. The van der Waals surface area contributed by atoms with Gasteiger partial charge in [-0.2, -0.15) is 0 Å². The molecule has 0 aliphatic rings. The van der Waals surface area contributed by atoms with Crippen LogP contribution in [-0.2, 0) is 9.59 Å². The average molecular weight is 286 g/mol. The van der Waals surface area contributed by atoms with E-state index in [1.807, 2.05) is 0 Å². The molecule has 0 fully saturated rings. The predicted molar refractivity (Wildman–Crippen MR) is 79.7 cm³/mol. The van der Waals surface area contributed by atoms with E-state index in [1.165, 1.54) is 11.1 Å². The highest BCUT2D eigenvalue weighted by Crippen LogP contribution is 2.00. The van der Waals surface area contributed by atoms with Gasteiger partial charge in [-0.3, -0.25) is 9.59 Å². The second-order valence-corrected chi connectivity index (χ2v) is 4.15. The van der Waals surface area contributed by atoms with E-state index in [0.29, 0.717) is 12.8 Å². The lowest BCUT2D eigenvalue weighted by molar-refractivity contribution is -0.139. The van der Waals surface area contributed by atoms with Crippen LogP contribution in [0.4, 0.5) is 0 Å². The SMILES string of the molecule is Cc1cccc(C)c1.N.N.O=C(O)CCCCC(=O)O. The van der Waals surface area contributed by atoms with Crippen molar-refractivity contribution in [1.82, 2.24) is 12.3 Å². The molecule has 20 heavy (non-hydrogen) atoms. The van der Waals surface area contributed by atoms with Gasteiger partial charge in [0.1, 0.15) is 0 Å². The molecule has 0 spiro atoms. The molecule has 0 heterocycles. The Morgan fingerprint density at radius 2 is 1.25 bits per heavy atom. The predicted octanol–water partition coefficient (Wildman–Crippen LogP) is 3.34. The van der Waals surface area contributed by atoms with Crippen LogP contribution in [0.2, 0.25) is 0 Å². The lowest BCUT2D eigenvalue weighted by Gasteiger charge is -1.92. The van der Waals surface area contributed by atoms with E-state index in [4.69, 9.17) is 10.2 Å². The zero-order chi connectivity index (χ0) is 14.0. The van der Waals surface area contributed by atoms with Crippen molar-refractivity contribution in [3.63, 3.8) is 0 Å². The normalized spacial score (nSPS) is 8.30. The maximum absolute atomic E-state index is 9.90. The third-order valence-corrected chi connectivity index (χ3v) is 2.20. The molecular weight excluding hydrogens is 260 g/mol. The molecule has 1 aromatic carbocycles. The minimum Gasteiger partial charge on any atom is -0.481 e. The fraction of sp³-hybridized carbons (Fsp3) is 0.429. The Labute approximate surface area is 120 Å². The van der Waals surface area contributed by atoms with Crippen molar-refractivity contribution in [3.8, 4) is 0 Å². The molecule has 0 aliphatic carbocycles. The summed E-state index contributed by atoms with van der Waals surface area (Å²) in [6.07, 6.45) is 1.02. The van der Waals surface area contributed by atoms with Crippen LogP contribution in [0, 0.1) is 13.8 Å². The molecule has 0 saturated carbocycles. The maximum atomic E-state index is 9.90. The number of aliphatic carboxylic acids is 2. The van der Waals surface area contributed by atoms with E-state index in [2.05, 4.69) is 38.1 Å². The van der Waals surface area contributed by atoms with Gasteiger partial charge in [0.25, 0.3) is 0 Å². The third kappa shape index (κ3) is 16.1. The molecule has 6 nitrogen and oxygen atoms in total. The monoisotopic (exact) mass is 286 g/mol. The number of carboxylic acid groups (broad SMARTS) is 2. The number of carbonyl (C=O) groups is 2. The van der Waals surface area contributed by atoms with E-state index in [9.17, 15) is 9.59 Å². The van der Waals surface area contributed by atoms with Crippen LogP contribution >= 0.6 is 0 Å². The summed E-state index contributed by atoms with van der Waals surface area (Å²) in [5.74, 6) is -1.74. The van der Waals surface area contributed by atoms with Crippen molar-refractivity contribution in [2.75, 3.05) is 0 Å². The van der Waals surface area contributed by atoms with Crippen molar-refractivity contribution in [2.45, 2.75) is 39.5 Å². The molecular formula is C14H26N2O4. The molecule has 0 saturated heterocycles. The number of carboxylic acids is 2. The van der Waals surface area contributed by atoms with Gasteiger partial charge in [0, 0.05) is 12.8 Å². The van der Waals surface area contributed by atoms with Crippen LogP contribution in [0.15, 0.2) is 24.3 Å². The highest BCUT2D eigenvalue weighted by atomic mass is 16.4. The summed E-state index contributed by atoms with van der Waals surface area (Å²) >= 11 is 0. The second kappa shape index (κ2) is 13.5. The summed E-state index contributed by atoms with van der Waals surface area (Å²) in [7, 11) is 0. The van der Waals surface area contributed by atoms with Crippen LogP contribution in [-0.4, -0.2) is 22.2 Å². The first kappa shape index (κ1) is 23.2. The summed E-state index contributed by atoms with van der Waals surface area (Å²) in [5, 5.41) is 16.3. The Morgan fingerprint density at radius 3 is 1.45 bits per heavy atom. The molecule has 1 rings (SSSR count). The number of aryl methyl sites for hydroxylation is 2. The van der Waals surface area contributed by atoms with Gasteiger partial charge in [0.2, 0.25) is 0 Å². The van der Waals surface area contributed by atoms with Crippen molar-refractivity contribution < 1.29 is 19.8 Å². The van der Waals surface area contributed by atoms with Crippen molar-refractivity contribution >= 4 is 11.9 Å². The molecule has 0 aromatic heterocycles. The quantitative estimate of drug-likeness (QED) is 0.611. The molecule has 0 amide bonds. The number of benzene rings is 1. The molecule has 0 unspecified atom stereocenters. The summed E-state index contributed by atoms with van der Waals surface area (Å²) in [6.45, 7) is 4.21. The summed E-state index contributed by atoms with van der Waals surface area (Å²) in [5.41, 5.74) is 2.68. The van der Waals surface area contributed by atoms with Crippen LogP contribution in [0.25, 0.3) is 0 Å². The lowest BCUT2D eigenvalue weighted by atomic mass is 10.2. The Kier molecular flexibility index (Phi) is 15.7. The minimum atomic E-state index is -0.870. The molecule has 1 aromatic rings. The number of rotatable bonds is 5. The van der Waals surface area contributed by atoms with Gasteiger partial charge in [-0.25, -0.2) is 0 Å². The van der Waals surface area contributed by atoms with Gasteiger partial charge < -0.3 is 22.5 Å². The smallest absolute Gasteiger partial charge is 0.303 e. The Hall–Kier alpha value is -1.92. The zero-order valence-corrected chi connectivity index (χ0v) is 12.3. The minimum absolute atomic E-state index is 0. The first-order chi connectivity index (χ1) is 8.41. The zero-order valence-electron chi connectivity index (χ0n) is 12.3. The Bertz CT molecular complexity index is 361. The summed E-state index contributed by atoms with van der Waals surface area (Å²) in [6, 6.07) is 8.45. The fourth-order valence-corrected chi connectivity index (χ4v) is 1.36. The first-order valence-electron chi connectivity index (χ1n) is 5.88. The lowest BCUT2D eigenvalue weighted by Crippen LogP contribution is -1.97. The fourth-order valence-electron chi connectivity index (χ4n) is 1.36. The van der Waals surface area contributed by atoms with Crippen molar-refractivity contribution in [1.29, 1.82) is 0 Å². The van der Waals surface area contributed by atoms with Gasteiger partial charge in [0.15, 0.2) is 0 Å². The van der Waals surface area contributed by atoms with Gasteiger partial charge in [0.05, 0.1) is 0 Å². The van der Waals surface area contributed by atoms with E-state index in [-0.39, 0.29) is 25.1 Å². The van der Waals surface area contributed by atoms with Gasteiger partial charge >= 0.3 is 11.9 Å². The highest BCUT2D eigenvalue weighted by Gasteiger charge is 1.99. The van der Waals surface area contributed by atoms with Crippen LogP contribution in [0.3, 0.4) is 0 Å². The van der Waals surface area contributed by atoms with Gasteiger partial charge in [-0.15, -0.1) is 0 Å². The Balaban J connectivity index is -0.000000266.